The molecule has 4 nitrogen and oxygen atoms in total. The van der Waals surface area contributed by atoms with E-state index < -0.39 is 0 Å². The Bertz CT molecular complexity index is 339. The predicted molar refractivity (Wildman–Crippen MR) is 70.8 cm³/mol. The van der Waals surface area contributed by atoms with Crippen molar-refractivity contribution in [3.05, 3.63) is 35.9 Å². The molecule has 0 aromatic heterocycles. The molecular weight excluding hydrogens is 228 g/mol. The molecule has 0 bridgehead atoms. The number of methoxy groups -OCH3 is 1. The fourth-order valence-electron chi connectivity index (χ4n) is 2.65. The van der Waals surface area contributed by atoms with Crippen LogP contribution in [0.3, 0.4) is 0 Å². The molecule has 3 unspecified atom stereocenters. The SMILES string of the molecule is COC(c1ccccc1)C(NN)C1CCCOC1. The van der Waals surface area contributed by atoms with Gasteiger partial charge < -0.3 is 9.47 Å². The van der Waals surface area contributed by atoms with E-state index in [9.17, 15) is 0 Å². The zero-order valence-corrected chi connectivity index (χ0v) is 10.8. The zero-order chi connectivity index (χ0) is 12.8. The van der Waals surface area contributed by atoms with Gasteiger partial charge in [0.15, 0.2) is 0 Å². The number of ether oxygens (including phenoxy) is 2. The van der Waals surface area contributed by atoms with E-state index in [4.69, 9.17) is 15.3 Å². The van der Waals surface area contributed by atoms with E-state index in [1.54, 1.807) is 7.11 Å². The van der Waals surface area contributed by atoms with Crippen LogP contribution in [0.2, 0.25) is 0 Å². The normalized spacial score (nSPS) is 23.6. The van der Waals surface area contributed by atoms with Crippen molar-refractivity contribution in [1.82, 2.24) is 5.43 Å². The summed E-state index contributed by atoms with van der Waals surface area (Å²) in [6, 6.07) is 10.3. The van der Waals surface area contributed by atoms with Crippen LogP contribution in [-0.4, -0.2) is 26.4 Å². The Labute approximate surface area is 108 Å². The quantitative estimate of drug-likeness (QED) is 0.616. The summed E-state index contributed by atoms with van der Waals surface area (Å²) in [7, 11) is 1.73. The van der Waals surface area contributed by atoms with Gasteiger partial charge in [-0.05, 0) is 18.4 Å². The maximum Gasteiger partial charge on any atom is 0.0991 e. The van der Waals surface area contributed by atoms with Gasteiger partial charge in [-0.2, -0.15) is 0 Å². The highest BCUT2D eigenvalue weighted by Crippen LogP contribution is 2.29. The fourth-order valence-corrected chi connectivity index (χ4v) is 2.65. The molecule has 0 saturated carbocycles. The molecule has 1 aromatic rings. The monoisotopic (exact) mass is 250 g/mol. The third-order valence-electron chi connectivity index (χ3n) is 3.60. The molecule has 18 heavy (non-hydrogen) atoms. The van der Waals surface area contributed by atoms with E-state index in [0.29, 0.717) is 5.92 Å². The van der Waals surface area contributed by atoms with Crippen LogP contribution in [-0.2, 0) is 9.47 Å². The topological polar surface area (TPSA) is 56.5 Å². The number of nitrogens with one attached hydrogen (secondary N) is 1. The van der Waals surface area contributed by atoms with E-state index in [-0.39, 0.29) is 12.1 Å². The van der Waals surface area contributed by atoms with Crippen molar-refractivity contribution < 1.29 is 9.47 Å². The molecule has 1 aromatic carbocycles. The lowest BCUT2D eigenvalue weighted by Gasteiger charge is -2.34. The Morgan fingerprint density at radius 3 is 2.72 bits per heavy atom. The van der Waals surface area contributed by atoms with Crippen LogP contribution in [0.4, 0.5) is 0 Å². The van der Waals surface area contributed by atoms with Gasteiger partial charge in [-0.3, -0.25) is 11.3 Å². The molecule has 1 fully saturated rings. The Hall–Kier alpha value is -0.940. The maximum absolute atomic E-state index is 5.73. The largest absolute Gasteiger partial charge is 0.381 e. The first kappa shape index (κ1) is 13.5. The van der Waals surface area contributed by atoms with E-state index in [2.05, 4.69) is 17.6 Å². The van der Waals surface area contributed by atoms with Gasteiger partial charge in [0.1, 0.15) is 0 Å². The highest BCUT2D eigenvalue weighted by molar-refractivity contribution is 5.19. The van der Waals surface area contributed by atoms with Crippen LogP contribution in [0.15, 0.2) is 30.3 Å². The minimum Gasteiger partial charge on any atom is -0.381 e. The van der Waals surface area contributed by atoms with Crippen LogP contribution in [0.25, 0.3) is 0 Å². The summed E-state index contributed by atoms with van der Waals surface area (Å²) in [6.45, 7) is 1.61. The van der Waals surface area contributed by atoms with E-state index in [1.165, 1.54) is 0 Å². The molecule has 0 radical (unpaired) electrons. The molecule has 1 aliphatic heterocycles. The molecule has 1 saturated heterocycles. The molecule has 0 amide bonds. The zero-order valence-electron chi connectivity index (χ0n) is 10.8. The van der Waals surface area contributed by atoms with Crippen LogP contribution in [0, 0.1) is 5.92 Å². The molecule has 1 heterocycles. The van der Waals surface area contributed by atoms with Crippen molar-refractivity contribution >= 4 is 0 Å². The molecule has 3 N–H and O–H groups in total. The van der Waals surface area contributed by atoms with Gasteiger partial charge in [0.2, 0.25) is 0 Å². The summed E-state index contributed by atoms with van der Waals surface area (Å²) >= 11 is 0. The summed E-state index contributed by atoms with van der Waals surface area (Å²) in [5, 5.41) is 0. The van der Waals surface area contributed by atoms with Gasteiger partial charge in [0, 0.05) is 19.6 Å². The second-order valence-electron chi connectivity index (χ2n) is 4.74. The number of hydrazine groups is 1. The van der Waals surface area contributed by atoms with Gasteiger partial charge in [-0.25, -0.2) is 0 Å². The van der Waals surface area contributed by atoms with Crippen molar-refractivity contribution in [1.29, 1.82) is 0 Å². The van der Waals surface area contributed by atoms with Crippen molar-refractivity contribution in [2.75, 3.05) is 20.3 Å². The Kier molecular flexibility index (Phi) is 5.13. The molecule has 100 valence electrons. The van der Waals surface area contributed by atoms with Crippen LogP contribution in [0.5, 0.6) is 0 Å². The third-order valence-corrected chi connectivity index (χ3v) is 3.60. The second-order valence-corrected chi connectivity index (χ2v) is 4.74. The first-order chi connectivity index (χ1) is 8.86. The van der Waals surface area contributed by atoms with Crippen molar-refractivity contribution in [2.45, 2.75) is 25.0 Å². The van der Waals surface area contributed by atoms with Crippen LogP contribution < -0.4 is 11.3 Å². The lowest BCUT2D eigenvalue weighted by Crippen LogP contribution is -2.48. The standard InChI is InChI=1S/C14H22N2O2/c1-17-14(11-6-3-2-4-7-11)13(16-15)12-8-5-9-18-10-12/h2-4,6-7,12-14,16H,5,8-10,15H2,1H3. The summed E-state index contributed by atoms with van der Waals surface area (Å²) in [6.07, 6.45) is 2.18. The minimum atomic E-state index is -0.0390. The predicted octanol–water partition coefficient (Wildman–Crippen LogP) is 1.63. The number of rotatable bonds is 5. The molecule has 0 spiro atoms. The van der Waals surface area contributed by atoms with Gasteiger partial charge in [-0.15, -0.1) is 0 Å². The van der Waals surface area contributed by atoms with Crippen molar-refractivity contribution in [3.8, 4) is 0 Å². The van der Waals surface area contributed by atoms with Gasteiger partial charge in [-0.1, -0.05) is 30.3 Å². The second kappa shape index (κ2) is 6.85. The lowest BCUT2D eigenvalue weighted by molar-refractivity contribution is -0.0105. The molecule has 2 rings (SSSR count). The van der Waals surface area contributed by atoms with Crippen LogP contribution in [0.1, 0.15) is 24.5 Å². The Morgan fingerprint density at radius 1 is 1.39 bits per heavy atom. The molecule has 0 aliphatic carbocycles. The van der Waals surface area contributed by atoms with E-state index in [0.717, 1.165) is 31.6 Å². The van der Waals surface area contributed by atoms with E-state index in [1.807, 2.05) is 18.2 Å². The lowest BCUT2D eigenvalue weighted by atomic mass is 9.87. The minimum absolute atomic E-state index is 0.0390. The fraction of sp³-hybridized carbons (Fsp3) is 0.571. The number of benzene rings is 1. The van der Waals surface area contributed by atoms with Crippen LogP contribution >= 0.6 is 0 Å². The van der Waals surface area contributed by atoms with Gasteiger partial charge in [0.05, 0.1) is 18.8 Å². The first-order valence-corrected chi connectivity index (χ1v) is 6.48. The Balaban J connectivity index is 2.13. The van der Waals surface area contributed by atoms with E-state index >= 15 is 0 Å². The molecule has 4 heteroatoms. The summed E-state index contributed by atoms with van der Waals surface area (Å²) in [4.78, 5) is 0. The maximum atomic E-state index is 5.73. The summed E-state index contributed by atoms with van der Waals surface area (Å²) in [5.74, 6) is 6.13. The van der Waals surface area contributed by atoms with Gasteiger partial charge in [0.25, 0.3) is 0 Å². The van der Waals surface area contributed by atoms with Gasteiger partial charge >= 0.3 is 0 Å². The number of hydrogen-bond donors (Lipinski definition) is 2. The number of hydrogen-bond acceptors (Lipinski definition) is 4. The average Bonchev–Trinajstić information content (AvgIpc) is 2.46. The highest BCUT2D eigenvalue weighted by Gasteiger charge is 2.31. The summed E-state index contributed by atoms with van der Waals surface area (Å²) < 4.78 is 11.2. The smallest absolute Gasteiger partial charge is 0.0991 e. The third kappa shape index (κ3) is 3.09. The van der Waals surface area contributed by atoms with Crippen molar-refractivity contribution in [2.24, 2.45) is 11.8 Å². The molecular formula is C14H22N2O2. The van der Waals surface area contributed by atoms with Crippen molar-refractivity contribution in [3.63, 3.8) is 0 Å². The first-order valence-electron chi connectivity index (χ1n) is 6.48. The Morgan fingerprint density at radius 2 is 2.17 bits per heavy atom. The number of nitrogens with two attached hydrogens (primary N) is 1. The average molecular weight is 250 g/mol. The highest BCUT2D eigenvalue weighted by atomic mass is 16.5. The summed E-state index contributed by atoms with van der Waals surface area (Å²) in [5.41, 5.74) is 4.06. The molecule has 3 atom stereocenters. The molecule has 1 aliphatic rings.